The number of methoxy groups -OCH3 is 1. The van der Waals surface area contributed by atoms with Gasteiger partial charge in [-0.15, -0.1) is 0 Å². The van der Waals surface area contributed by atoms with Gasteiger partial charge in [0.05, 0.1) is 6.61 Å². The molecule has 1 aliphatic carbocycles. The number of allylic oxidation sites excluding steroid dienone is 1. The van der Waals surface area contributed by atoms with Crippen LogP contribution in [0, 0.1) is 11.3 Å². The van der Waals surface area contributed by atoms with E-state index in [-0.39, 0.29) is 17.2 Å². The SMILES string of the molecule is COCC1CN(C(C)=O)CC12CCN(C(=O)CC1=CCCCC1)CC2. The predicted octanol–water partition coefficient (Wildman–Crippen LogP) is 2.61. The molecule has 0 radical (unpaired) electrons. The van der Waals surface area contributed by atoms with E-state index in [1.54, 1.807) is 14.0 Å². The Morgan fingerprint density at radius 2 is 2.00 bits per heavy atom. The molecule has 2 saturated heterocycles. The van der Waals surface area contributed by atoms with Gasteiger partial charge >= 0.3 is 0 Å². The number of amides is 2. The average Bonchev–Trinajstić information content (AvgIpc) is 2.95. The third-order valence-electron chi connectivity index (χ3n) is 6.50. The van der Waals surface area contributed by atoms with Gasteiger partial charge in [0, 0.05) is 52.6 Å². The van der Waals surface area contributed by atoms with Crippen LogP contribution in [0.25, 0.3) is 0 Å². The first-order valence-corrected chi connectivity index (χ1v) is 9.74. The van der Waals surface area contributed by atoms with E-state index >= 15 is 0 Å². The number of ether oxygens (including phenoxy) is 1. The second-order valence-corrected chi connectivity index (χ2v) is 8.08. The maximum atomic E-state index is 12.6. The van der Waals surface area contributed by atoms with Gasteiger partial charge in [0.25, 0.3) is 0 Å². The molecule has 0 aromatic rings. The number of hydrogen-bond donors (Lipinski definition) is 0. The molecule has 1 atom stereocenters. The lowest BCUT2D eigenvalue weighted by Crippen LogP contribution is -2.47. The molecule has 0 saturated carbocycles. The Bertz CT molecular complexity index is 535. The van der Waals surface area contributed by atoms with Crippen molar-refractivity contribution in [2.45, 2.75) is 51.9 Å². The van der Waals surface area contributed by atoms with E-state index in [1.807, 2.05) is 9.80 Å². The summed E-state index contributed by atoms with van der Waals surface area (Å²) in [7, 11) is 1.74. The third-order valence-corrected chi connectivity index (χ3v) is 6.50. The summed E-state index contributed by atoms with van der Waals surface area (Å²) in [6.45, 7) is 5.60. The van der Waals surface area contributed by atoms with Crippen molar-refractivity contribution in [3.8, 4) is 0 Å². The highest BCUT2D eigenvalue weighted by atomic mass is 16.5. The Morgan fingerprint density at radius 3 is 2.60 bits per heavy atom. The number of carbonyl (C=O) groups is 2. The maximum absolute atomic E-state index is 12.6. The summed E-state index contributed by atoms with van der Waals surface area (Å²) in [5.74, 6) is 0.827. The van der Waals surface area contributed by atoms with Gasteiger partial charge in [0.15, 0.2) is 0 Å². The zero-order valence-corrected chi connectivity index (χ0v) is 15.8. The Balaban J connectivity index is 1.58. The summed E-state index contributed by atoms with van der Waals surface area (Å²) < 4.78 is 5.43. The van der Waals surface area contributed by atoms with Crippen LogP contribution in [0.1, 0.15) is 51.9 Å². The van der Waals surface area contributed by atoms with Crippen molar-refractivity contribution in [2.75, 3.05) is 39.9 Å². The summed E-state index contributed by atoms with van der Waals surface area (Å²) in [5, 5.41) is 0. The van der Waals surface area contributed by atoms with Crippen LogP contribution in [0.4, 0.5) is 0 Å². The van der Waals surface area contributed by atoms with E-state index in [4.69, 9.17) is 4.74 Å². The monoisotopic (exact) mass is 348 g/mol. The number of likely N-dealkylation sites (tertiary alicyclic amines) is 2. The normalized spacial score (nSPS) is 26.0. The molecule has 0 aromatic heterocycles. The zero-order valence-electron chi connectivity index (χ0n) is 15.8. The van der Waals surface area contributed by atoms with Gasteiger partial charge in [-0.3, -0.25) is 9.59 Å². The summed E-state index contributed by atoms with van der Waals surface area (Å²) in [6.07, 6.45) is 9.54. The highest BCUT2D eigenvalue weighted by Crippen LogP contribution is 2.45. The highest BCUT2D eigenvalue weighted by molar-refractivity contribution is 5.79. The quantitative estimate of drug-likeness (QED) is 0.734. The van der Waals surface area contributed by atoms with Crippen LogP contribution in [-0.2, 0) is 14.3 Å². The lowest BCUT2D eigenvalue weighted by Gasteiger charge is -2.42. The minimum absolute atomic E-state index is 0.128. The van der Waals surface area contributed by atoms with Crippen molar-refractivity contribution in [3.05, 3.63) is 11.6 Å². The Hall–Kier alpha value is -1.36. The largest absolute Gasteiger partial charge is 0.384 e. The molecule has 5 nitrogen and oxygen atoms in total. The molecule has 140 valence electrons. The molecule has 25 heavy (non-hydrogen) atoms. The molecule has 2 amide bonds. The fraction of sp³-hybridized carbons (Fsp3) is 0.800. The van der Waals surface area contributed by atoms with Crippen molar-refractivity contribution in [1.29, 1.82) is 0 Å². The van der Waals surface area contributed by atoms with E-state index in [2.05, 4.69) is 6.08 Å². The first-order chi connectivity index (χ1) is 12.0. The third kappa shape index (κ3) is 4.08. The molecule has 2 fully saturated rings. The molecule has 2 heterocycles. The van der Waals surface area contributed by atoms with Gasteiger partial charge in [-0.25, -0.2) is 0 Å². The summed E-state index contributed by atoms with van der Waals surface area (Å²) >= 11 is 0. The van der Waals surface area contributed by atoms with Gasteiger partial charge in [-0.05, 0) is 43.9 Å². The molecule has 0 bridgehead atoms. The molecular weight excluding hydrogens is 316 g/mol. The second-order valence-electron chi connectivity index (χ2n) is 8.08. The van der Waals surface area contributed by atoms with Gasteiger partial charge in [-0.1, -0.05) is 11.6 Å². The van der Waals surface area contributed by atoms with Crippen LogP contribution in [0.3, 0.4) is 0 Å². The minimum atomic E-state index is 0.128. The number of carbonyl (C=O) groups excluding carboxylic acids is 2. The van der Waals surface area contributed by atoms with E-state index in [9.17, 15) is 9.59 Å². The highest BCUT2D eigenvalue weighted by Gasteiger charge is 2.49. The lowest BCUT2D eigenvalue weighted by atomic mass is 9.71. The fourth-order valence-electron chi connectivity index (χ4n) is 4.84. The molecule has 0 N–H and O–H groups in total. The molecule has 3 rings (SSSR count). The maximum Gasteiger partial charge on any atom is 0.226 e. The smallest absolute Gasteiger partial charge is 0.226 e. The fourth-order valence-corrected chi connectivity index (χ4v) is 4.84. The minimum Gasteiger partial charge on any atom is -0.384 e. The standard InChI is InChI=1S/C20H32N2O3/c1-16(23)22-13-18(14-25-2)20(15-22)8-10-21(11-9-20)19(24)12-17-6-4-3-5-7-17/h6,18H,3-5,7-15H2,1-2H3. The van der Waals surface area contributed by atoms with E-state index < -0.39 is 0 Å². The van der Waals surface area contributed by atoms with Crippen LogP contribution in [0.5, 0.6) is 0 Å². The van der Waals surface area contributed by atoms with Crippen LogP contribution < -0.4 is 0 Å². The van der Waals surface area contributed by atoms with Crippen molar-refractivity contribution in [3.63, 3.8) is 0 Å². The summed E-state index contributed by atoms with van der Waals surface area (Å²) in [6, 6.07) is 0. The first kappa shape index (κ1) is 18.4. The van der Waals surface area contributed by atoms with E-state index in [1.165, 1.54) is 18.4 Å². The topological polar surface area (TPSA) is 49.9 Å². The summed E-state index contributed by atoms with van der Waals surface area (Å²) in [5.41, 5.74) is 1.46. The van der Waals surface area contributed by atoms with Crippen LogP contribution in [-0.4, -0.2) is 61.5 Å². The lowest BCUT2D eigenvalue weighted by molar-refractivity contribution is -0.134. The molecular formula is C20H32N2O3. The average molecular weight is 348 g/mol. The molecule has 1 spiro atoms. The van der Waals surface area contributed by atoms with E-state index in [0.717, 1.165) is 51.9 Å². The molecule has 1 unspecified atom stereocenters. The Labute approximate surface area is 151 Å². The predicted molar refractivity (Wildman–Crippen MR) is 97.0 cm³/mol. The van der Waals surface area contributed by atoms with Crippen molar-refractivity contribution < 1.29 is 14.3 Å². The zero-order chi connectivity index (χ0) is 17.9. The van der Waals surface area contributed by atoms with Crippen LogP contribution >= 0.6 is 0 Å². The molecule has 0 aromatic carbocycles. The molecule has 5 heteroatoms. The first-order valence-electron chi connectivity index (χ1n) is 9.74. The van der Waals surface area contributed by atoms with Gasteiger partial charge in [0.2, 0.25) is 11.8 Å². The van der Waals surface area contributed by atoms with Crippen LogP contribution in [0.2, 0.25) is 0 Å². The second kappa shape index (κ2) is 7.90. The Morgan fingerprint density at radius 1 is 1.24 bits per heavy atom. The molecule has 3 aliphatic rings. The van der Waals surface area contributed by atoms with Gasteiger partial charge in [-0.2, -0.15) is 0 Å². The van der Waals surface area contributed by atoms with Crippen molar-refractivity contribution in [2.24, 2.45) is 11.3 Å². The van der Waals surface area contributed by atoms with Gasteiger partial charge in [0.1, 0.15) is 0 Å². The van der Waals surface area contributed by atoms with Crippen molar-refractivity contribution in [1.82, 2.24) is 9.80 Å². The number of rotatable bonds is 4. The Kier molecular flexibility index (Phi) is 5.82. The number of piperidine rings is 1. The van der Waals surface area contributed by atoms with Crippen LogP contribution in [0.15, 0.2) is 11.6 Å². The number of hydrogen-bond acceptors (Lipinski definition) is 3. The van der Waals surface area contributed by atoms with Gasteiger partial charge < -0.3 is 14.5 Å². The summed E-state index contributed by atoms with van der Waals surface area (Å²) in [4.78, 5) is 28.5. The van der Waals surface area contributed by atoms with Crippen molar-refractivity contribution >= 4 is 11.8 Å². The molecule has 2 aliphatic heterocycles. The number of nitrogens with zero attached hydrogens (tertiary/aromatic N) is 2. The van der Waals surface area contributed by atoms with E-state index in [0.29, 0.717) is 18.9 Å².